The summed E-state index contributed by atoms with van der Waals surface area (Å²) in [6, 6.07) is 5.79. The molecule has 1 nitrogen and oxygen atoms in total. The molecule has 0 spiro atoms. The smallest absolute Gasteiger partial charge is 0.200 e. The predicted molar refractivity (Wildman–Crippen MR) is 58.7 cm³/mol. The molecule has 0 heterocycles. The second-order valence-corrected chi connectivity index (χ2v) is 4.55. The summed E-state index contributed by atoms with van der Waals surface area (Å²) < 4.78 is 0. The molecule has 0 amide bonds. The number of thiol groups is 1. The monoisotopic (exact) mass is 191 g/mol. The number of rotatable bonds is 0. The van der Waals surface area contributed by atoms with Gasteiger partial charge in [0.1, 0.15) is 0 Å². The molecule has 13 heavy (non-hydrogen) atoms. The number of benzene rings is 1. The van der Waals surface area contributed by atoms with Gasteiger partial charge in [0, 0.05) is 4.90 Å². The van der Waals surface area contributed by atoms with Gasteiger partial charge in [0.05, 0.1) is 6.57 Å². The fourth-order valence-corrected chi connectivity index (χ4v) is 1.35. The molecule has 0 aliphatic heterocycles. The Hall–Kier alpha value is -0.940. The molecule has 0 aliphatic rings. The fourth-order valence-electron chi connectivity index (χ4n) is 1.08. The Kier molecular flexibility index (Phi) is 2.68. The van der Waals surface area contributed by atoms with Crippen molar-refractivity contribution in [2.45, 2.75) is 31.1 Å². The Balaban J connectivity index is 3.20. The summed E-state index contributed by atoms with van der Waals surface area (Å²) in [5.74, 6) is 0. The van der Waals surface area contributed by atoms with Crippen molar-refractivity contribution >= 4 is 18.3 Å². The van der Waals surface area contributed by atoms with E-state index in [1.54, 1.807) is 0 Å². The molecule has 0 fully saturated rings. The van der Waals surface area contributed by atoms with Crippen LogP contribution in [0.5, 0.6) is 0 Å². The van der Waals surface area contributed by atoms with Gasteiger partial charge in [-0.1, -0.05) is 39.0 Å². The molecule has 0 saturated carbocycles. The van der Waals surface area contributed by atoms with E-state index in [4.69, 9.17) is 6.57 Å². The van der Waals surface area contributed by atoms with Crippen LogP contribution in [-0.2, 0) is 5.41 Å². The van der Waals surface area contributed by atoms with Crippen molar-refractivity contribution in [3.05, 3.63) is 35.2 Å². The molecule has 1 rings (SSSR count). The molecule has 0 unspecified atom stereocenters. The minimum absolute atomic E-state index is 0.123. The van der Waals surface area contributed by atoms with Gasteiger partial charge >= 0.3 is 0 Å². The van der Waals surface area contributed by atoms with E-state index in [0.717, 1.165) is 4.90 Å². The largest absolute Gasteiger partial charge is 0.237 e. The van der Waals surface area contributed by atoms with Crippen molar-refractivity contribution in [2.24, 2.45) is 0 Å². The van der Waals surface area contributed by atoms with Gasteiger partial charge in [-0.05, 0) is 11.0 Å². The molecule has 68 valence electrons. The molecule has 0 bridgehead atoms. The van der Waals surface area contributed by atoms with Crippen LogP contribution >= 0.6 is 12.6 Å². The molecule has 0 aromatic heterocycles. The van der Waals surface area contributed by atoms with Gasteiger partial charge < -0.3 is 0 Å². The molecule has 0 atom stereocenters. The van der Waals surface area contributed by atoms with Crippen LogP contribution in [-0.4, -0.2) is 0 Å². The average Bonchev–Trinajstić information content (AvgIpc) is 2.02. The van der Waals surface area contributed by atoms with Gasteiger partial charge in [-0.25, -0.2) is 4.85 Å². The van der Waals surface area contributed by atoms with Crippen molar-refractivity contribution in [2.75, 3.05) is 0 Å². The van der Waals surface area contributed by atoms with Gasteiger partial charge in [0.2, 0.25) is 0 Å². The number of nitrogens with zero attached hydrogens (tertiary/aromatic N) is 1. The van der Waals surface area contributed by atoms with E-state index in [2.05, 4.69) is 38.2 Å². The lowest BCUT2D eigenvalue weighted by atomic mass is 9.87. The van der Waals surface area contributed by atoms with Crippen molar-refractivity contribution in [3.8, 4) is 0 Å². The van der Waals surface area contributed by atoms with E-state index in [9.17, 15) is 0 Å². The fraction of sp³-hybridized carbons (Fsp3) is 0.364. The highest BCUT2D eigenvalue weighted by atomic mass is 32.1. The lowest BCUT2D eigenvalue weighted by molar-refractivity contribution is 0.589. The molecule has 0 radical (unpaired) electrons. The second-order valence-electron chi connectivity index (χ2n) is 4.07. The zero-order valence-corrected chi connectivity index (χ0v) is 9.02. The third-order valence-corrected chi connectivity index (χ3v) is 2.32. The van der Waals surface area contributed by atoms with Crippen molar-refractivity contribution < 1.29 is 0 Å². The van der Waals surface area contributed by atoms with Gasteiger partial charge in [0.25, 0.3) is 0 Å². The first-order chi connectivity index (χ1) is 5.95. The highest BCUT2D eigenvalue weighted by molar-refractivity contribution is 7.80. The number of hydrogen-bond donors (Lipinski definition) is 1. The van der Waals surface area contributed by atoms with Crippen LogP contribution < -0.4 is 0 Å². The normalized spacial score (nSPS) is 11.0. The van der Waals surface area contributed by atoms with Crippen LogP contribution in [0.25, 0.3) is 4.85 Å². The van der Waals surface area contributed by atoms with Crippen LogP contribution in [0.1, 0.15) is 26.3 Å². The van der Waals surface area contributed by atoms with Crippen molar-refractivity contribution in [3.63, 3.8) is 0 Å². The van der Waals surface area contributed by atoms with Crippen LogP contribution in [0, 0.1) is 6.57 Å². The summed E-state index contributed by atoms with van der Waals surface area (Å²) in [7, 11) is 0. The summed E-state index contributed by atoms with van der Waals surface area (Å²) in [6.45, 7) is 13.3. The molecule has 0 aliphatic carbocycles. The van der Waals surface area contributed by atoms with Crippen LogP contribution in [0.15, 0.2) is 23.1 Å². The number of hydrogen-bond acceptors (Lipinski definition) is 1. The van der Waals surface area contributed by atoms with E-state index >= 15 is 0 Å². The lowest BCUT2D eigenvalue weighted by Crippen LogP contribution is -2.10. The van der Waals surface area contributed by atoms with Gasteiger partial charge in [-0.15, -0.1) is 0 Å². The first-order valence-electron chi connectivity index (χ1n) is 4.16. The van der Waals surface area contributed by atoms with E-state index < -0.39 is 0 Å². The summed E-state index contributed by atoms with van der Waals surface area (Å²) in [6.07, 6.45) is 0. The Morgan fingerprint density at radius 1 is 1.31 bits per heavy atom. The maximum absolute atomic E-state index is 6.89. The molecule has 1 aromatic rings. The second kappa shape index (κ2) is 3.43. The van der Waals surface area contributed by atoms with E-state index in [1.807, 2.05) is 18.2 Å². The molecule has 2 heteroatoms. The first kappa shape index (κ1) is 10.1. The van der Waals surface area contributed by atoms with Gasteiger partial charge in [0.15, 0.2) is 5.69 Å². The zero-order valence-electron chi connectivity index (χ0n) is 8.13. The third kappa shape index (κ3) is 2.26. The van der Waals surface area contributed by atoms with E-state index in [-0.39, 0.29) is 5.41 Å². The molecule has 0 saturated heterocycles. The molecular formula is C11H13NS. The summed E-state index contributed by atoms with van der Waals surface area (Å²) in [5, 5.41) is 0. The Morgan fingerprint density at radius 2 is 1.92 bits per heavy atom. The minimum Gasteiger partial charge on any atom is -0.237 e. The molecule has 1 aromatic carbocycles. The Morgan fingerprint density at radius 3 is 2.31 bits per heavy atom. The van der Waals surface area contributed by atoms with Crippen molar-refractivity contribution in [1.29, 1.82) is 0 Å². The van der Waals surface area contributed by atoms with Crippen molar-refractivity contribution in [1.82, 2.24) is 0 Å². The topological polar surface area (TPSA) is 4.36 Å². The Bertz CT molecular complexity index is 355. The van der Waals surface area contributed by atoms with Crippen LogP contribution in [0.4, 0.5) is 5.69 Å². The van der Waals surface area contributed by atoms with Crippen LogP contribution in [0.3, 0.4) is 0 Å². The highest BCUT2D eigenvalue weighted by Gasteiger charge is 2.14. The minimum atomic E-state index is 0.123. The highest BCUT2D eigenvalue weighted by Crippen LogP contribution is 2.29. The third-order valence-electron chi connectivity index (χ3n) is 1.96. The summed E-state index contributed by atoms with van der Waals surface area (Å²) in [4.78, 5) is 4.13. The standard InChI is InChI=1S/C11H13NS/c1-11(2,3)8-5-6-9(12-4)10(13)7-8/h5-7,13H,1-3H3. The quantitative estimate of drug-likeness (QED) is 0.469. The first-order valence-corrected chi connectivity index (χ1v) is 4.61. The summed E-state index contributed by atoms with van der Waals surface area (Å²) in [5.41, 5.74) is 1.96. The van der Waals surface area contributed by atoms with E-state index in [1.165, 1.54) is 5.56 Å². The molecule has 0 N–H and O–H groups in total. The van der Waals surface area contributed by atoms with Crippen LogP contribution in [0.2, 0.25) is 0 Å². The molecular weight excluding hydrogens is 178 g/mol. The van der Waals surface area contributed by atoms with Gasteiger partial charge in [-0.2, -0.15) is 12.6 Å². The maximum atomic E-state index is 6.89. The van der Waals surface area contributed by atoms with Gasteiger partial charge in [-0.3, -0.25) is 0 Å². The maximum Gasteiger partial charge on any atom is 0.200 e. The summed E-state index contributed by atoms with van der Waals surface area (Å²) >= 11 is 4.27. The Labute approximate surface area is 85.0 Å². The zero-order chi connectivity index (χ0) is 10.1. The van der Waals surface area contributed by atoms with E-state index in [0.29, 0.717) is 5.69 Å². The SMILES string of the molecule is [C-]#[N+]c1ccc(C(C)(C)C)cc1S. The predicted octanol–water partition coefficient (Wildman–Crippen LogP) is 3.82. The lowest BCUT2D eigenvalue weighted by Gasteiger charge is -2.19. The average molecular weight is 191 g/mol.